The van der Waals surface area contributed by atoms with E-state index >= 15 is 0 Å². The maximum absolute atomic E-state index is 5.79. The quantitative estimate of drug-likeness (QED) is 0.751. The molecule has 0 radical (unpaired) electrons. The summed E-state index contributed by atoms with van der Waals surface area (Å²) in [7, 11) is 0. The molecule has 0 aliphatic carbocycles. The lowest BCUT2D eigenvalue weighted by Gasteiger charge is -2.35. The first kappa shape index (κ1) is 13.9. The van der Waals surface area contributed by atoms with Gasteiger partial charge in [-0.3, -0.25) is 4.90 Å². The minimum atomic E-state index is 0.276. The molecular formula is C13H28N2O. The van der Waals surface area contributed by atoms with Crippen LogP contribution in [-0.2, 0) is 4.74 Å². The fraction of sp³-hybridized carbons (Fsp3) is 1.00. The third kappa shape index (κ3) is 4.04. The summed E-state index contributed by atoms with van der Waals surface area (Å²) in [5, 5.41) is 3.66. The van der Waals surface area contributed by atoms with Crippen LogP contribution in [0.15, 0.2) is 0 Å². The lowest BCUT2D eigenvalue weighted by molar-refractivity contribution is -0.0285. The highest BCUT2D eigenvalue weighted by Crippen LogP contribution is 2.14. The molecule has 1 N–H and O–H groups in total. The van der Waals surface area contributed by atoms with Crippen LogP contribution >= 0.6 is 0 Å². The van der Waals surface area contributed by atoms with Gasteiger partial charge in [0.2, 0.25) is 0 Å². The topological polar surface area (TPSA) is 24.5 Å². The largest absolute Gasteiger partial charge is 0.374 e. The van der Waals surface area contributed by atoms with Crippen LogP contribution in [0.25, 0.3) is 0 Å². The number of likely N-dealkylation sites (N-methyl/N-ethyl adjacent to an activating group) is 1. The van der Waals surface area contributed by atoms with Gasteiger partial charge < -0.3 is 10.1 Å². The van der Waals surface area contributed by atoms with Gasteiger partial charge in [-0.15, -0.1) is 0 Å². The van der Waals surface area contributed by atoms with Crippen LogP contribution in [0.2, 0.25) is 0 Å². The molecule has 1 atom stereocenters. The monoisotopic (exact) mass is 228 g/mol. The molecule has 1 unspecified atom stereocenters. The van der Waals surface area contributed by atoms with Crippen LogP contribution in [0, 0.1) is 0 Å². The summed E-state index contributed by atoms with van der Waals surface area (Å²) < 4.78 is 5.79. The van der Waals surface area contributed by atoms with E-state index in [4.69, 9.17) is 4.74 Å². The second kappa shape index (κ2) is 6.58. The molecule has 1 heterocycles. The summed E-state index contributed by atoms with van der Waals surface area (Å²) in [6, 6.07) is 0. The number of hydrogen-bond acceptors (Lipinski definition) is 3. The predicted octanol–water partition coefficient (Wildman–Crippen LogP) is 1.88. The van der Waals surface area contributed by atoms with Gasteiger partial charge in [0, 0.05) is 25.2 Å². The van der Waals surface area contributed by atoms with Crippen molar-refractivity contribution in [1.29, 1.82) is 0 Å². The van der Waals surface area contributed by atoms with Crippen LogP contribution in [-0.4, -0.2) is 49.3 Å². The minimum absolute atomic E-state index is 0.276. The summed E-state index contributed by atoms with van der Waals surface area (Å²) in [6.45, 7) is 14.2. The molecule has 0 amide bonds. The molecule has 1 rings (SSSR count). The molecule has 3 heteroatoms. The molecule has 0 bridgehead atoms. The molecule has 0 saturated carbocycles. The maximum Gasteiger partial charge on any atom is 0.0826 e. The van der Waals surface area contributed by atoms with Gasteiger partial charge in [-0.2, -0.15) is 0 Å². The Morgan fingerprint density at radius 3 is 2.56 bits per heavy atom. The van der Waals surface area contributed by atoms with E-state index in [1.165, 1.54) is 12.8 Å². The van der Waals surface area contributed by atoms with Crippen LogP contribution in [0.3, 0.4) is 0 Å². The van der Waals surface area contributed by atoms with Crippen molar-refractivity contribution in [3.05, 3.63) is 0 Å². The number of hydrogen-bond donors (Lipinski definition) is 1. The summed E-state index contributed by atoms with van der Waals surface area (Å²) in [5.74, 6) is 0. The molecule has 1 aliphatic rings. The normalized spacial score (nSPS) is 23.6. The average Bonchev–Trinajstić information content (AvgIpc) is 2.36. The third-order valence-electron chi connectivity index (χ3n) is 3.99. The van der Waals surface area contributed by atoms with Gasteiger partial charge >= 0.3 is 0 Å². The first-order chi connectivity index (χ1) is 7.63. The van der Waals surface area contributed by atoms with Crippen molar-refractivity contribution in [2.75, 3.05) is 32.8 Å². The Labute approximate surface area is 101 Å². The van der Waals surface area contributed by atoms with E-state index < -0.39 is 0 Å². The van der Waals surface area contributed by atoms with Crippen LogP contribution < -0.4 is 5.32 Å². The van der Waals surface area contributed by atoms with Crippen molar-refractivity contribution in [2.24, 2.45) is 0 Å². The van der Waals surface area contributed by atoms with E-state index in [2.05, 4.69) is 37.9 Å². The molecule has 0 aromatic heterocycles. The van der Waals surface area contributed by atoms with Crippen molar-refractivity contribution < 1.29 is 4.74 Å². The third-order valence-corrected chi connectivity index (χ3v) is 3.99. The molecule has 0 aromatic rings. The maximum atomic E-state index is 5.79. The van der Waals surface area contributed by atoms with Crippen molar-refractivity contribution >= 4 is 0 Å². The van der Waals surface area contributed by atoms with Crippen molar-refractivity contribution in [3.8, 4) is 0 Å². The fourth-order valence-corrected chi connectivity index (χ4v) is 2.05. The Balaban J connectivity index is 2.31. The standard InChI is InChI=1S/C13H28N2O/c1-5-13(4,6-2)14-10-12-11-15(7-3)8-9-16-12/h12,14H,5-11H2,1-4H3. The lowest BCUT2D eigenvalue weighted by Crippen LogP contribution is -2.51. The fourth-order valence-electron chi connectivity index (χ4n) is 2.05. The Hall–Kier alpha value is -0.120. The molecule has 96 valence electrons. The van der Waals surface area contributed by atoms with Gasteiger partial charge in [0.1, 0.15) is 0 Å². The van der Waals surface area contributed by atoms with E-state index in [0.29, 0.717) is 6.10 Å². The Morgan fingerprint density at radius 2 is 2.00 bits per heavy atom. The number of rotatable bonds is 6. The van der Waals surface area contributed by atoms with Gasteiger partial charge in [0.05, 0.1) is 12.7 Å². The zero-order chi connectivity index (χ0) is 12.0. The second-order valence-electron chi connectivity index (χ2n) is 5.03. The van der Waals surface area contributed by atoms with E-state index in [9.17, 15) is 0 Å². The summed E-state index contributed by atoms with van der Waals surface area (Å²) >= 11 is 0. The SMILES string of the molecule is CCN1CCOC(CNC(C)(CC)CC)C1. The van der Waals surface area contributed by atoms with E-state index in [-0.39, 0.29) is 5.54 Å². The molecule has 0 aromatic carbocycles. The van der Waals surface area contributed by atoms with Gasteiger partial charge in [-0.05, 0) is 26.3 Å². The Kier molecular flexibility index (Phi) is 5.73. The number of nitrogens with one attached hydrogen (secondary N) is 1. The zero-order valence-corrected chi connectivity index (χ0v) is 11.4. The molecule has 0 spiro atoms. The average molecular weight is 228 g/mol. The molecule has 1 aliphatic heterocycles. The predicted molar refractivity (Wildman–Crippen MR) is 68.8 cm³/mol. The Morgan fingerprint density at radius 1 is 1.31 bits per heavy atom. The van der Waals surface area contributed by atoms with Crippen molar-refractivity contribution in [2.45, 2.75) is 52.2 Å². The number of ether oxygens (including phenoxy) is 1. The summed E-state index contributed by atoms with van der Waals surface area (Å²) in [6.07, 6.45) is 2.72. The molecule has 1 saturated heterocycles. The lowest BCUT2D eigenvalue weighted by atomic mass is 9.95. The highest BCUT2D eigenvalue weighted by molar-refractivity contribution is 4.82. The second-order valence-corrected chi connectivity index (χ2v) is 5.03. The van der Waals surface area contributed by atoms with Crippen LogP contribution in [0.1, 0.15) is 40.5 Å². The van der Waals surface area contributed by atoms with Crippen molar-refractivity contribution in [3.63, 3.8) is 0 Å². The van der Waals surface area contributed by atoms with Crippen LogP contribution in [0.4, 0.5) is 0 Å². The minimum Gasteiger partial charge on any atom is -0.374 e. The van der Waals surface area contributed by atoms with Crippen molar-refractivity contribution in [1.82, 2.24) is 10.2 Å². The number of morpholine rings is 1. The summed E-state index contributed by atoms with van der Waals surface area (Å²) in [4.78, 5) is 2.46. The van der Waals surface area contributed by atoms with Crippen LogP contribution in [0.5, 0.6) is 0 Å². The summed E-state index contributed by atoms with van der Waals surface area (Å²) in [5.41, 5.74) is 0.276. The van der Waals surface area contributed by atoms with Gasteiger partial charge in [-0.25, -0.2) is 0 Å². The van der Waals surface area contributed by atoms with E-state index in [1.54, 1.807) is 0 Å². The first-order valence-corrected chi connectivity index (χ1v) is 6.72. The first-order valence-electron chi connectivity index (χ1n) is 6.72. The van der Waals surface area contributed by atoms with Gasteiger partial charge in [0.15, 0.2) is 0 Å². The Bertz CT molecular complexity index is 192. The van der Waals surface area contributed by atoms with E-state index in [1.807, 2.05) is 0 Å². The smallest absolute Gasteiger partial charge is 0.0826 e. The zero-order valence-electron chi connectivity index (χ0n) is 11.4. The number of nitrogens with zero attached hydrogens (tertiary/aromatic N) is 1. The highest BCUT2D eigenvalue weighted by atomic mass is 16.5. The molecular weight excluding hydrogens is 200 g/mol. The molecule has 1 fully saturated rings. The molecule has 3 nitrogen and oxygen atoms in total. The van der Waals surface area contributed by atoms with Gasteiger partial charge in [0.25, 0.3) is 0 Å². The highest BCUT2D eigenvalue weighted by Gasteiger charge is 2.23. The van der Waals surface area contributed by atoms with E-state index in [0.717, 1.165) is 32.8 Å². The molecule has 16 heavy (non-hydrogen) atoms. The van der Waals surface area contributed by atoms with Gasteiger partial charge in [-0.1, -0.05) is 20.8 Å².